The van der Waals surface area contributed by atoms with E-state index in [2.05, 4.69) is 27.2 Å². The Kier molecular flexibility index (Phi) is 4.81. The van der Waals surface area contributed by atoms with E-state index in [4.69, 9.17) is 4.55 Å². The van der Waals surface area contributed by atoms with Crippen LogP contribution in [0.15, 0.2) is 19.0 Å². The molecule has 7 nitrogen and oxygen atoms in total. The summed E-state index contributed by atoms with van der Waals surface area (Å²) in [6, 6.07) is 0. The molecule has 1 rings (SSSR count). The van der Waals surface area contributed by atoms with Gasteiger partial charge in [-0.05, 0) is 0 Å². The molecule has 68 valence electrons. The highest BCUT2D eigenvalue weighted by Crippen LogP contribution is 1.78. The molecule has 0 aromatic carbocycles. The molecule has 0 radical (unpaired) electrons. The Morgan fingerprint density at radius 1 is 1.67 bits per heavy atom. The van der Waals surface area contributed by atoms with E-state index in [9.17, 15) is 8.42 Å². The van der Waals surface area contributed by atoms with Gasteiger partial charge >= 0.3 is 0 Å². The fourth-order valence-electron chi connectivity index (χ4n) is 0.278. The molecule has 8 heteroatoms. The second-order valence-corrected chi connectivity index (χ2v) is 3.09. The van der Waals surface area contributed by atoms with Gasteiger partial charge in [0.1, 0.15) is 0 Å². The van der Waals surface area contributed by atoms with Crippen LogP contribution in [-0.4, -0.2) is 39.3 Å². The third-order valence-electron chi connectivity index (χ3n) is 0.598. The molecule has 0 bridgehead atoms. The second-order valence-electron chi connectivity index (χ2n) is 1.60. The van der Waals surface area contributed by atoms with E-state index in [1.54, 1.807) is 0 Å². The van der Waals surface area contributed by atoms with E-state index < -0.39 is 10.1 Å². The Morgan fingerprint density at radius 3 is 2.42 bits per heavy atom. The van der Waals surface area contributed by atoms with Gasteiger partial charge in [0.25, 0.3) is 10.1 Å². The van der Waals surface area contributed by atoms with Gasteiger partial charge in [-0.15, -0.1) is 16.8 Å². The Hall–Kier alpha value is -1.28. The molecule has 0 aliphatic rings. The number of rotatable bonds is 2. The fraction of sp³-hybridized carbons (Fsp3) is 0.250. The van der Waals surface area contributed by atoms with Gasteiger partial charge < -0.3 is 0 Å². The predicted molar refractivity (Wildman–Crippen MR) is 40.8 cm³/mol. The molecule has 1 aromatic rings. The average molecular weight is 192 g/mol. The lowest BCUT2D eigenvalue weighted by molar-refractivity contribution is 0.487. The van der Waals surface area contributed by atoms with Crippen LogP contribution in [-0.2, 0) is 10.1 Å². The van der Waals surface area contributed by atoms with Crippen LogP contribution in [0.5, 0.6) is 0 Å². The van der Waals surface area contributed by atoms with Crippen molar-refractivity contribution in [2.75, 3.05) is 5.75 Å². The molecule has 2 N–H and O–H groups in total. The van der Waals surface area contributed by atoms with Crippen LogP contribution < -0.4 is 0 Å². The summed E-state index contributed by atoms with van der Waals surface area (Å²) in [4.78, 5) is 0. The summed E-state index contributed by atoms with van der Waals surface area (Å²) in [5, 5.41) is 12.2. The van der Waals surface area contributed by atoms with E-state index in [1.807, 2.05) is 0 Å². The number of hydrogen-bond donors (Lipinski definition) is 2. The number of aromatic nitrogens is 4. The smallest absolute Gasteiger partial charge is 0.268 e. The maximum absolute atomic E-state index is 9.72. The Labute approximate surface area is 69.2 Å². The van der Waals surface area contributed by atoms with Crippen LogP contribution in [0.1, 0.15) is 0 Å². The first kappa shape index (κ1) is 10.7. The van der Waals surface area contributed by atoms with Crippen LogP contribution in [0.2, 0.25) is 0 Å². The summed E-state index contributed by atoms with van der Waals surface area (Å²) in [7, 11) is -3.79. The van der Waals surface area contributed by atoms with Crippen molar-refractivity contribution in [3.05, 3.63) is 19.0 Å². The lowest BCUT2D eigenvalue weighted by Gasteiger charge is -1.82. The van der Waals surface area contributed by atoms with E-state index in [1.165, 1.54) is 6.33 Å². The largest absolute Gasteiger partial charge is 0.285 e. The maximum atomic E-state index is 9.72. The van der Waals surface area contributed by atoms with Crippen LogP contribution in [0.25, 0.3) is 0 Å². The minimum absolute atomic E-state index is 0.368. The van der Waals surface area contributed by atoms with E-state index in [0.717, 1.165) is 6.08 Å². The predicted octanol–water partition coefficient (Wildman–Crippen LogP) is -0.740. The Bertz CT molecular complexity index is 275. The standard InChI is InChI=1S/C3H6O3S.CH2N4/c1-2-3-7(4,5)6;1-2-4-5-3-1/h2H,1,3H2,(H,4,5,6);1H,(H,2,3,4,5). The molecule has 0 spiro atoms. The molecule has 0 fully saturated rings. The second kappa shape index (κ2) is 5.38. The zero-order valence-corrected chi connectivity index (χ0v) is 6.90. The highest BCUT2D eigenvalue weighted by atomic mass is 32.2. The number of hydrogen-bond acceptors (Lipinski definition) is 5. The highest BCUT2D eigenvalue weighted by molar-refractivity contribution is 7.85. The lowest BCUT2D eigenvalue weighted by atomic mass is 10.8. The van der Waals surface area contributed by atoms with Crippen LogP contribution in [0.3, 0.4) is 0 Å². The van der Waals surface area contributed by atoms with E-state index >= 15 is 0 Å². The molecule has 12 heavy (non-hydrogen) atoms. The van der Waals surface area contributed by atoms with Crippen molar-refractivity contribution >= 4 is 10.1 Å². The van der Waals surface area contributed by atoms with Crippen LogP contribution >= 0.6 is 0 Å². The zero-order valence-electron chi connectivity index (χ0n) is 6.08. The SMILES string of the molecule is C=CCS(=O)(=O)O.c1nn[nH]n1. The van der Waals surface area contributed by atoms with E-state index in [0.29, 0.717) is 0 Å². The molecule has 0 aliphatic carbocycles. The summed E-state index contributed by atoms with van der Waals surface area (Å²) < 4.78 is 27.3. The van der Waals surface area contributed by atoms with Crippen molar-refractivity contribution in [2.24, 2.45) is 0 Å². The minimum atomic E-state index is -3.79. The van der Waals surface area contributed by atoms with Crippen molar-refractivity contribution in [1.29, 1.82) is 0 Å². The van der Waals surface area contributed by atoms with Crippen molar-refractivity contribution in [1.82, 2.24) is 20.6 Å². The van der Waals surface area contributed by atoms with Gasteiger partial charge in [0.2, 0.25) is 0 Å². The molecule has 0 amide bonds. The van der Waals surface area contributed by atoms with Crippen molar-refractivity contribution in [2.45, 2.75) is 0 Å². The average Bonchev–Trinajstić information content (AvgIpc) is 2.38. The van der Waals surface area contributed by atoms with Gasteiger partial charge in [0.15, 0.2) is 6.33 Å². The molecule has 0 saturated carbocycles. The van der Waals surface area contributed by atoms with Crippen molar-refractivity contribution < 1.29 is 13.0 Å². The fourth-order valence-corrected chi connectivity index (χ4v) is 0.576. The first-order valence-corrected chi connectivity index (χ1v) is 4.39. The van der Waals surface area contributed by atoms with Gasteiger partial charge in [0, 0.05) is 0 Å². The highest BCUT2D eigenvalue weighted by Gasteiger charge is 1.95. The van der Waals surface area contributed by atoms with Gasteiger partial charge in [-0.2, -0.15) is 13.6 Å². The molecule has 1 aromatic heterocycles. The number of tetrazole rings is 1. The minimum Gasteiger partial charge on any atom is -0.285 e. The number of nitrogens with zero attached hydrogens (tertiary/aromatic N) is 3. The molecule has 0 atom stereocenters. The number of H-pyrrole nitrogens is 1. The van der Waals surface area contributed by atoms with E-state index in [-0.39, 0.29) is 5.75 Å². The number of nitrogens with one attached hydrogen (secondary N) is 1. The first-order chi connectivity index (χ1) is 5.56. The molecular weight excluding hydrogens is 184 g/mol. The molecular formula is C4H8N4O3S. The van der Waals surface area contributed by atoms with Crippen molar-refractivity contribution in [3.63, 3.8) is 0 Å². The molecule has 0 unspecified atom stereocenters. The van der Waals surface area contributed by atoms with Crippen LogP contribution in [0.4, 0.5) is 0 Å². The quantitative estimate of drug-likeness (QED) is 0.472. The van der Waals surface area contributed by atoms with Gasteiger partial charge in [-0.25, -0.2) is 0 Å². The molecule has 0 aliphatic heterocycles. The van der Waals surface area contributed by atoms with Gasteiger partial charge in [-0.3, -0.25) is 4.55 Å². The van der Waals surface area contributed by atoms with Gasteiger partial charge in [-0.1, -0.05) is 11.3 Å². The summed E-state index contributed by atoms with van der Waals surface area (Å²) in [5.74, 6) is -0.368. The monoisotopic (exact) mass is 192 g/mol. The van der Waals surface area contributed by atoms with Crippen molar-refractivity contribution in [3.8, 4) is 0 Å². The summed E-state index contributed by atoms with van der Waals surface area (Å²) in [6.07, 6.45) is 2.45. The number of aromatic amines is 1. The molecule has 1 heterocycles. The third-order valence-corrected chi connectivity index (χ3v) is 1.25. The summed E-state index contributed by atoms with van der Waals surface area (Å²) in [6.45, 7) is 3.11. The summed E-state index contributed by atoms with van der Waals surface area (Å²) in [5.41, 5.74) is 0. The summed E-state index contributed by atoms with van der Waals surface area (Å²) >= 11 is 0. The van der Waals surface area contributed by atoms with Gasteiger partial charge in [0.05, 0.1) is 5.75 Å². The Balaban J connectivity index is 0.000000211. The van der Waals surface area contributed by atoms with Crippen LogP contribution in [0, 0.1) is 0 Å². The first-order valence-electron chi connectivity index (χ1n) is 2.78. The third kappa shape index (κ3) is 8.72. The topological polar surface area (TPSA) is 109 Å². The Morgan fingerprint density at radius 2 is 2.33 bits per heavy atom. The zero-order chi connectivity index (χ0) is 9.45. The normalized spacial score (nSPS) is 9.75. The maximum Gasteiger partial charge on any atom is 0.268 e. The molecule has 0 saturated heterocycles. The lowest BCUT2D eigenvalue weighted by Crippen LogP contribution is -1.99.